The maximum absolute atomic E-state index is 12.3. The summed E-state index contributed by atoms with van der Waals surface area (Å²) in [7, 11) is -3.73. The van der Waals surface area contributed by atoms with Gasteiger partial charge in [0.2, 0.25) is 0 Å². The van der Waals surface area contributed by atoms with Gasteiger partial charge in [-0.25, -0.2) is 23.3 Å². The van der Waals surface area contributed by atoms with Gasteiger partial charge in [0.25, 0.3) is 15.9 Å². The van der Waals surface area contributed by atoms with E-state index in [0.29, 0.717) is 10.2 Å². The summed E-state index contributed by atoms with van der Waals surface area (Å²) in [6, 6.07) is 6.95. The van der Waals surface area contributed by atoms with Gasteiger partial charge in [-0.15, -0.1) is 16.4 Å². The van der Waals surface area contributed by atoms with Crippen molar-refractivity contribution in [3.63, 3.8) is 0 Å². The van der Waals surface area contributed by atoms with Gasteiger partial charge in [0, 0.05) is 10.9 Å². The van der Waals surface area contributed by atoms with Crippen LogP contribution in [-0.4, -0.2) is 39.6 Å². The second kappa shape index (κ2) is 9.00. The first-order valence-corrected chi connectivity index (χ1v) is 11.3. The molecule has 0 aliphatic carbocycles. The fraction of sp³-hybridized carbons (Fsp3) is 0.188. The Bertz CT molecular complexity index is 1100. The summed E-state index contributed by atoms with van der Waals surface area (Å²) in [5.74, 6) is -0.623. The number of hydroxylamine groups is 1. The smallest absolute Gasteiger partial charge is 0.268 e. The van der Waals surface area contributed by atoms with Crippen molar-refractivity contribution in [1.82, 2.24) is 25.2 Å². The first kappa shape index (κ1) is 21.4. The molecule has 0 radical (unpaired) electrons. The Morgan fingerprint density at radius 3 is 2.62 bits per heavy atom. The minimum Gasteiger partial charge on any atom is -0.508 e. The highest BCUT2D eigenvalue weighted by Gasteiger charge is 2.24. The highest BCUT2D eigenvalue weighted by atomic mass is 79.9. The molecule has 0 saturated heterocycles. The van der Waals surface area contributed by atoms with Crippen molar-refractivity contribution in [1.29, 1.82) is 0 Å². The zero-order valence-corrected chi connectivity index (χ0v) is 17.9. The number of sulfonamides is 1. The minimum atomic E-state index is -3.73. The number of amides is 1. The van der Waals surface area contributed by atoms with Crippen LogP contribution in [0.15, 0.2) is 50.6 Å². The monoisotopic (exact) mass is 501 g/mol. The van der Waals surface area contributed by atoms with Gasteiger partial charge < -0.3 is 5.11 Å². The van der Waals surface area contributed by atoms with E-state index >= 15 is 0 Å². The summed E-state index contributed by atoms with van der Waals surface area (Å²) in [4.78, 5) is 12.1. The highest BCUT2D eigenvalue weighted by Crippen LogP contribution is 2.27. The number of phenolic OH excluding ortho intramolecular Hbond substituents is 1. The predicted molar refractivity (Wildman–Crippen MR) is 107 cm³/mol. The number of aromatic nitrogens is 3. The van der Waals surface area contributed by atoms with E-state index in [1.807, 2.05) is 0 Å². The molecule has 0 unspecified atom stereocenters. The maximum Gasteiger partial charge on any atom is 0.268 e. The number of nitrogens with zero attached hydrogens (tertiary/aromatic N) is 3. The molecule has 1 atom stereocenters. The van der Waals surface area contributed by atoms with Crippen LogP contribution in [0.2, 0.25) is 0 Å². The number of nitrogens with one attached hydrogen (secondary N) is 2. The number of carbonyl (C=O) groups is 1. The third-order valence-corrected chi connectivity index (χ3v) is 8.00. The van der Waals surface area contributed by atoms with Crippen molar-refractivity contribution < 1.29 is 23.5 Å². The molecule has 3 aromatic rings. The van der Waals surface area contributed by atoms with E-state index < -0.39 is 22.0 Å². The molecule has 0 saturated carbocycles. The van der Waals surface area contributed by atoms with Crippen molar-refractivity contribution in [2.24, 2.45) is 0 Å². The van der Waals surface area contributed by atoms with Gasteiger partial charge in [-0.2, -0.15) is 0 Å². The van der Waals surface area contributed by atoms with Crippen molar-refractivity contribution in [2.45, 2.75) is 23.2 Å². The summed E-state index contributed by atoms with van der Waals surface area (Å²) in [5, 5.41) is 27.8. The van der Waals surface area contributed by atoms with Crippen LogP contribution in [0.25, 0.3) is 0 Å². The number of benzene rings is 1. The molecule has 1 aromatic carbocycles. The molecule has 4 N–H and O–H groups in total. The number of halogens is 1. The van der Waals surface area contributed by atoms with Gasteiger partial charge >= 0.3 is 0 Å². The summed E-state index contributed by atoms with van der Waals surface area (Å²) in [6.45, 7) is -0.126. The zero-order chi connectivity index (χ0) is 21.0. The third-order valence-electron chi connectivity index (χ3n) is 3.93. The molecule has 0 aliphatic rings. The summed E-state index contributed by atoms with van der Waals surface area (Å²) in [6.07, 6.45) is 1.59. The van der Waals surface area contributed by atoms with Crippen LogP contribution in [0, 0.1) is 0 Å². The number of carbonyl (C=O) groups excluding carboxylic acids is 1. The number of phenols is 1. The fourth-order valence-electron chi connectivity index (χ4n) is 2.49. The lowest BCUT2D eigenvalue weighted by Crippen LogP contribution is -2.32. The Labute approximate surface area is 178 Å². The molecule has 154 valence electrons. The van der Waals surface area contributed by atoms with E-state index in [-0.39, 0.29) is 22.9 Å². The minimum absolute atomic E-state index is 0.0876. The highest BCUT2D eigenvalue weighted by molar-refractivity contribution is 9.10. The molecule has 13 heteroatoms. The average Bonchev–Trinajstić information content (AvgIpc) is 3.35. The topological polar surface area (TPSA) is 146 Å². The average molecular weight is 502 g/mol. The summed E-state index contributed by atoms with van der Waals surface area (Å²) < 4.78 is 29.0. The second-order valence-electron chi connectivity index (χ2n) is 5.93. The van der Waals surface area contributed by atoms with Crippen LogP contribution < -0.4 is 10.2 Å². The lowest BCUT2D eigenvalue weighted by Gasteiger charge is -2.14. The van der Waals surface area contributed by atoms with Crippen LogP contribution in [0.3, 0.4) is 0 Å². The van der Waals surface area contributed by atoms with Crippen LogP contribution in [0.5, 0.6) is 5.75 Å². The molecule has 2 aromatic heterocycles. The molecule has 2 heterocycles. The molecule has 0 bridgehead atoms. The van der Waals surface area contributed by atoms with Crippen LogP contribution >= 0.6 is 27.3 Å². The van der Waals surface area contributed by atoms with Gasteiger partial charge in [0.1, 0.15) is 16.0 Å². The quantitative estimate of drug-likeness (QED) is 0.270. The van der Waals surface area contributed by atoms with Crippen LogP contribution in [0.4, 0.5) is 0 Å². The molecule has 29 heavy (non-hydrogen) atoms. The van der Waals surface area contributed by atoms with Crippen molar-refractivity contribution >= 4 is 43.2 Å². The van der Waals surface area contributed by atoms with Crippen LogP contribution in [0.1, 0.15) is 17.3 Å². The van der Waals surface area contributed by atoms with E-state index in [9.17, 15) is 18.3 Å². The number of aromatic hydroxyl groups is 1. The Morgan fingerprint density at radius 2 is 2.00 bits per heavy atom. The Hall–Kier alpha value is -2.32. The second-order valence-corrected chi connectivity index (χ2v) is 9.67. The SMILES string of the molecule is O=C(NO)[C@H](Cc1ccc(O)cc1)n1cc(CNS(=O)(=O)c2sccc2Br)nn1. The van der Waals surface area contributed by atoms with Crippen molar-refractivity contribution in [3.05, 3.63) is 57.6 Å². The molecular formula is C16H16BrN5O5S2. The molecule has 10 nitrogen and oxygen atoms in total. The Balaban J connectivity index is 1.74. The molecule has 0 spiro atoms. The molecular weight excluding hydrogens is 486 g/mol. The van der Waals surface area contributed by atoms with E-state index in [4.69, 9.17) is 5.21 Å². The Morgan fingerprint density at radius 1 is 1.28 bits per heavy atom. The molecule has 0 fully saturated rings. The van der Waals surface area contributed by atoms with E-state index in [1.54, 1.807) is 29.1 Å². The summed E-state index contributed by atoms with van der Waals surface area (Å²) in [5.41, 5.74) is 2.61. The van der Waals surface area contributed by atoms with Crippen molar-refractivity contribution in [2.75, 3.05) is 0 Å². The third kappa shape index (κ3) is 5.19. The first-order chi connectivity index (χ1) is 13.8. The lowest BCUT2D eigenvalue weighted by molar-refractivity contribution is -0.133. The molecule has 1 amide bonds. The van der Waals surface area contributed by atoms with Gasteiger partial charge in [0.15, 0.2) is 0 Å². The molecule has 0 aliphatic heterocycles. The van der Waals surface area contributed by atoms with Gasteiger partial charge in [-0.1, -0.05) is 17.3 Å². The standard InChI is InChI=1S/C16H16BrN5O5S2/c17-13-5-6-28-16(13)29(26,27)18-8-11-9-22(21-19-11)14(15(24)20-25)7-10-1-3-12(23)4-2-10/h1-6,9,14,18,23,25H,7-8H2,(H,20,24)/t14-/m0/s1. The maximum atomic E-state index is 12.3. The van der Waals surface area contributed by atoms with E-state index in [2.05, 4.69) is 31.0 Å². The number of hydrogen-bond acceptors (Lipinski definition) is 8. The van der Waals surface area contributed by atoms with Crippen molar-refractivity contribution in [3.8, 4) is 5.75 Å². The zero-order valence-electron chi connectivity index (χ0n) is 14.7. The fourth-order valence-corrected chi connectivity index (χ4v) is 5.87. The number of thiophene rings is 1. The predicted octanol–water partition coefficient (Wildman–Crippen LogP) is 1.58. The normalized spacial score (nSPS) is 12.6. The van der Waals surface area contributed by atoms with Gasteiger partial charge in [0.05, 0.1) is 18.4 Å². The number of rotatable bonds is 8. The largest absolute Gasteiger partial charge is 0.508 e. The summed E-state index contributed by atoms with van der Waals surface area (Å²) >= 11 is 4.26. The van der Waals surface area contributed by atoms with Gasteiger partial charge in [-0.3, -0.25) is 10.0 Å². The van der Waals surface area contributed by atoms with Crippen LogP contribution in [-0.2, 0) is 27.8 Å². The first-order valence-electron chi connectivity index (χ1n) is 8.15. The van der Waals surface area contributed by atoms with Gasteiger partial charge in [-0.05, 0) is 45.1 Å². The lowest BCUT2D eigenvalue weighted by atomic mass is 10.1. The van der Waals surface area contributed by atoms with E-state index in [0.717, 1.165) is 16.9 Å². The Kier molecular flexibility index (Phi) is 6.64. The number of hydrogen-bond donors (Lipinski definition) is 4. The molecule has 3 rings (SSSR count). The van der Waals surface area contributed by atoms with E-state index in [1.165, 1.54) is 23.0 Å².